The molecule has 8 nitrogen and oxygen atoms in total. The molecule has 0 atom stereocenters. The Morgan fingerprint density at radius 2 is 1.92 bits per heavy atom. The largest absolute Gasteiger partial charge is 0.350 e. The van der Waals surface area contributed by atoms with Crippen LogP contribution in [0.3, 0.4) is 0 Å². The predicted octanol–water partition coefficient (Wildman–Crippen LogP) is 1.12. The van der Waals surface area contributed by atoms with E-state index in [-0.39, 0.29) is 30.3 Å². The van der Waals surface area contributed by atoms with Crippen LogP contribution in [0.25, 0.3) is 11.4 Å². The molecule has 1 aliphatic carbocycles. The van der Waals surface area contributed by atoms with Crippen LogP contribution in [0.4, 0.5) is 0 Å². The van der Waals surface area contributed by atoms with E-state index in [2.05, 4.69) is 20.7 Å². The van der Waals surface area contributed by atoms with Gasteiger partial charge in [0.1, 0.15) is 6.54 Å². The van der Waals surface area contributed by atoms with Gasteiger partial charge in [-0.05, 0) is 42.3 Å². The van der Waals surface area contributed by atoms with Gasteiger partial charge in [0.25, 0.3) is 0 Å². The highest BCUT2D eigenvalue weighted by atomic mass is 35.5. The second-order valence-corrected chi connectivity index (χ2v) is 7.22. The lowest BCUT2D eigenvalue weighted by atomic mass is 9.84. The van der Waals surface area contributed by atoms with Gasteiger partial charge in [-0.3, -0.25) is 9.59 Å². The normalized spacial score (nSPS) is 17.5. The molecular formula is C17H19ClN6O2. The summed E-state index contributed by atoms with van der Waals surface area (Å²) in [6.07, 6.45) is 3.10. The molecule has 2 amide bonds. The van der Waals surface area contributed by atoms with Crippen LogP contribution in [0.2, 0.25) is 5.02 Å². The number of amides is 2. The first kappa shape index (κ1) is 17.0. The monoisotopic (exact) mass is 374 g/mol. The number of carbonyl (C=O) groups is 2. The summed E-state index contributed by atoms with van der Waals surface area (Å²) in [4.78, 5) is 27.2. The van der Waals surface area contributed by atoms with Crippen LogP contribution >= 0.6 is 11.6 Å². The second-order valence-electron chi connectivity index (χ2n) is 6.78. The molecular weight excluding hydrogens is 356 g/mol. The van der Waals surface area contributed by atoms with Gasteiger partial charge in [0, 0.05) is 29.6 Å². The molecule has 1 N–H and O–H groups in total. The number of likely N-dealkylation sites (tertiary alicyclic amines) is 1. The van der Waals surface area contributed by atoms with Crippen LogP contribution < -0.4 is 5.32 Å². The summed E-state index contributed by atoms with van der Waals surface area (Å²) in [5.41, 5.74) is 0.788. The van der Waals surface area contributed by atoms with Crippen LogP contribution in [-0.4, -0.2) is 56.1 Å². The topological polar surface area (TPSA) is 93.0 Å². The smallest absolute Gasteiger partial charge is 0.246 e. The van der Waals surface area contributed by atoms with Gasteiger partial charge in [0.15, 0.2) is 0 Å². The molecule has 2 aromatic rings. The molecule has 136 valence electrons. The first-order valence-electron chi connectivity index (χ1n) is 8.70. The van der Waals surface area contributed by atoms with Gasteiger partial charge >= 0.3 is 0 Å². The number of nitrogens with zero attached hydrogens (tertiary/aromatic N) is 5. The van der Waals surface area contributed by atoms with E-state index in [1.165, 1.54) is 4.80 Å². The van der Waals surface area contributed by atoms with E-state index < -0.39 is 0 Å². The maximum atomic E-state index is 12.3. The Balaban J connectivity index is 1.27. The van der Waals surface area contributed by atoms with Gasteiger partial charge < -0.3 is 10.2 Å². The Labute approximate surface area is 155 Å². The lowest BCUT2D eigenvalue weighted by Gasteiger charge is -2.40. The zero-order valence-electron chi connectivity index (χ0n) is 14.1. The van der Waals surface area contributed by atoms with Crippen molar-refractivity contribution in [2.45, 2.75) is 31.8 Å². The SMILES string of the molecule is O=C(NC1CN(C(=O)Cn2nnc(-c3ccc(Cl)cc3)n2)C1)C1CCC1. The fraction of sp³-hybridized carbons (Fsp3) is 0.471. The van der Waals surface area contributed by atoms with E-state index in [1.54, 1.807) is 29.2 Å². The molecule has 1 saturated carbocycles. The summed E-state index contributed by atoms with van der Waals surface area (Å²) in [6, 6.07) is 7.16. The molecule has 0 unspecified atom stereocenters. The van der Waals surface area contributed by atoms with Crippen molar-refractivity contribution in [1.82, 2.24) is 30.4 Å². The average molecular weight is 375 g/mol. The minimum absolute atomic E-state index is 0.0316. The fourth-order valence-electron chi connectivity index (χ4n) is 3.01. The third kappa shape index (κ3) is 3.55. The lowest BCUT2D eigenvalue weighted by Crippen LogP contribution is -2.62. The Morgan fingerprint density at radius 3 is 2.58 bits per heavy atom. The maximum absolute atomic E-state index is 12.3. The Kier molecular flexibility index (Phi) is 4.58. The number of tetrazole rings is 1. The number of hydrogen-bond acceptors (Lipinski definition) is 5. The summed E-state index contributed by atoms with van der Waals surface area (Å²) in [5.74, 6) is 0.659. The van der Waals surface area contributed by atoms with E-state index in [0.717, 1.165) is 24.8 Å². The van der Waals surface area contributed by atoms with Crippen LogP contribution in [0.5, 0.6) is 0 Å². The molecule has 2 heterocycles. The van der Waals surface area contributed by atoms with Crippen molar-refractivity contribution in [2.24, 2.45) is 5.92 Å². The first-order chi connectivity index (χ1) is 12.6. The minimum Gasteiger partial charge on any atom is -0.350 e. The van der Waals surface area contributed by atoms with Gasteiger partial charge in [-0.15, -0.1) is 10.2 Å². The predicted molar refractivity (Wildman–Crippen MR) is 94.1 cm³/mol. The third-order valence-corrected chi connectivity index (χ3v) is 5.14. The van der Waals surface area contributed by atoms with Crippen molar-refractivity contribution in [3.8, 4) is 11.4 Å². The Morgan fingerprint density at radius 1 is 1.19 bits per heavy atom. The van der Waals surface area contributed by atoms with Crippen molar-refractivity contribution < 1.29 is 9.59 Å². The maximum Gasteiger partial charge on any atom is 0.246 e. The van der Waals surface area contributed by atoms with Crippen LogP contribution in [0.15, 0.2) is 24.3 Å². The van der Waals surface area contributed by atoms with Crippen LogP contribution in [0, 0.1) is 5.92 Å². The molecule has 1 aromatic heterocycles. The molecule has 2 aliphatic rings. The molecule has 0 bridgehead atoms. The number of halogens is 1. The summed E-state index contributed by atoms with van der Waals surface area (Å²) >= 11 is 5.86. The molecule has 1 aromatic carbocycles. The number of rotatable bonds is 5. The third-order valence-electron chi connectivity index (χ3n) is 4.89. The summed E-state index contributed by atoms with van der Waals surface area (Å²) in [6.45, 7) is 1.11. The lowest BCUT2D eigenvalue weighted by molar-refractivity contribution is -0.140. The van der Waals surface area contributed by atoms with Gasteiger partial charge in [0.2, 0.25) is 17.6 Å². The molecule has 1 saturated heterocycles. The van der Waals surface area contributed by atoms with Crippen molar-refractivity contribution in [3.63, 3.8) is 0 Å². The molecule has 2 fully saturated rings. The summed E-state index contributed by atoms with van der Waals surface area (Å²) in [7, 11) is 0. The second kappa shape index (κ2) is 7.03. The van der Waals surface area contributed by atoms with Crippen molar-refractivity contribution >= 4 is 23.4 Å². The van der Waals surface area contributed by atoms with Gasteiger partial charge in [-0.25, -0.2) is 0 Å². The van der Waals surface area contributed by atoms with E-state index >= 15 is 0 Å². The van der Waals surface area contributed by atoms with E-state index in [0.29, 0.717) is 23.9 Å². The van der Waals surface area contributed by atoms with Crippen molar-refractivity contribution in [3.05, 3.63) is 29.3 Å². The number of aromatic nitrogens is 4. The van der Waals surface area contributed by atoms with E-state index in [4.69, 9.17) is 11.6 Å². The zero-order valence-corrected chi connectivity index (χ0v) is 14.9. The zero-order chi connectivity index (χ0) is 18.1. The van der Waals surface area contributed by atoms with Crippen molar-refractivity contribution in [2.75, 3.05) is 13.1 Å². The molecule has 26 heavy (non-hydrogen) atoms. The first-order valence-corrected chi connectivity index (χ1v) is 9.08. The quantitative estimate of drug-likeness (QED) is 0.846. The number of carbonyl (C=O) groups excluding carboxylic acids is 2. The number of nitrogens with one attached hydrogen (secondary N) is 1. The van der Waals surface area contributed by atoms with Gasteiger partial charge in [0.05, 0.1) is 6.04 Å². The summed E-state index contributed by atoms with van der Waals surface area (Å²) in [5, 5.41) is 15.8. The molecule has 9 heteroatoms. The molecule has 0 radical (unpaired) electrons. The average Bonchev–Trinajstić information content (AvgIpc) is 2.97. The van der Waals surface area contributed by atoms with Crippen LogP contribution in [0.1, 0.15) is 19.3 Å². The van der Waals surface area contributed by atoms with Gasteiger partial charge in [-0.2, -0.15) is 4.80 Å². The highest BCUT2D eigenvalue weighted by molar-refractivity contribution is 6.30. The Bertz CT molecular complexity index is 811. The Hall–Kier alpha value is -2.48. The molecule has 1 aliphatic heterocycles. The molecule has 4 rings (SSSR count). The summed E-state index contributed by atoms with van der Waals surface area (Å²) < 4.78 is 0. The highest BCUT2D eigenvalue weighted by Gasteiger charge is 2.34. The van der Waals surface area contributed by atoms with Crippen molar-refractivity contribution in [1.29, 1.82) is 0 Å². The standard InChI is InChI=1S/C17H19ClN6O2/c18-13-6-4-11(5-7-13)16-20-22-24(21-16)10-15(25)23-8-14(9-23)19-17(26)12-2-1-3-12/h4-7,12,14H,1-3,8-10H2,(H,19,26). The fourth-order valence-corrected chi connectivity index (χ4v) is 3.13. The number of hydrogen-bond donors (Lipinski definition) is 1. The van der Waals surface area contributed by atoms with Crippen LogP contribution in [-0.2, 0) is 16.1 Å². The highest BCUT2D eigenvalue weighted by Crippen LogP contribution is 2.26. The van der Waals surface area contributed by atoms with Gasteiger partial charge in [-0.1, -0.05) is 18.0 Å². The molecule has 0 spiro atoms. The van der Waals surface area contributed by atoms with E-state index in [9.17, 15) is 9.59 Å². The minimum atomic E-state index is -0.0841. The number of benzene rings is 1. The van der Waals surface area contributed by atoms with E-state index in [1.807, 2.05) is 0 Å².